The molecule has 0 aromatic heterocycles. The molecule has 31 heavy (non-hydrogen) atoms. The number of benzene rings is 1. The summed E-state index contributed by atoms with van der Waals surface area (Å²) >= 11 is 0. The molecule has 0 spiro atoms. The monoisotopic (exact) mass is 547 g/mol. The Morgan fingerprint density at radius 3 is 2.35 bits per heavy atom. The van der Waals surface area contributed by atoms with Crippen LogP contribution >= 0.6 is 24.0 Å². The third-order valence-electron chi connectivity index (χ3n) is 5.88. The van der Waals surface area contributed by atoms with Crippen LogP contribution in [0.25, 0.3) is 0 Å². The van der Waals surface area contributed by atoms with Gasteiger partial charge in [0, 0.05) is 38.3 Å². The van der Waals surface area contributed by atoms with Crippen molar-refractivity contribution in [3.8, 4) is 5.75 Å². The van der Waals surface area contributed by atoms with Crippen LogP contribution in [0.2, 0.25) is 0 Å². The molecule has 1 saturated heterocycles. The molecule has 2 N–H and O–H groups in total. The number of aliphatic imine (C=N–C) groups is 1. The summed E-state index contributed by atoms with van der Waals surface area (Å²) in [7, 11) is 1.70. The standard InChI is InChI=1S/C24H41N3O3.HI/c1-6-25-23(26-15-12-22(19(3)4)30-7-2)27-18-24(13-16-29-17-14-24)20-8-10-21(28-5)11-9-20;/h8-11,19,22H,6-7,12-18H2,1-5H3,(H2,25,26,27);1H. The molecule has 1 atom stereocenters. The van der Waals surface area contributed by atoms with Gasteiger partial charge in [0.1, 0.15) is 5.75 Å². The minimum atomic E-state index is -0.00133. The van der Waals surface area contributed by atoms with Crippen LogP contribution in [0.5, 0.6) is 5.75 Å². The number of halogens is 1. The Kier molecular flexibility index (Phi) is 13.4. The first-order chi connectivity index (χ1) is 14.5. The molecular formula is C24H42IN3O3. The zero-order chi connectivity index (χ0) is 21.8. The van der Waals surface area contributed by atoms with Gasteiger partial charge in [-0.25, -0.2) is 0 Å². The van der Waals surface area contributed by atoms with Gasteiger partial charge in [-0.15, -0.1) is 24.0 Å². The Balaban J connectivity index is 0.00000480. The third-order valence-corrected chi connectivity index (χ3v) is 5.88. The number of ether oxygens (including phenoxy) is 3. The second kappa shape index (κ2) is 14.9. The van der Waals surface area contributed by atoms with E-state index >= 15 is 0 Å². The molecule has 1 heterocycles. The maximum atomic E-state index is 5.87. The summed E-state index contributed by atoms with van der Waals surface area (Å²) in [6, 6.07) is 8.43. The molecule has 0 radical (unpaired) electrons. The Morgan fingerprint density at radius 2 is 1.81 bits per heavy atom. The molecule has 1 aromatic rings. The number of hydrogen-bond donors (Lipinski definition) is 2. The van der Waals surface area contributed by atoms with Crippen LogP contribution in [0.15, 0.2) is 29.3 Å². The lowest BCUT2D eigenvalue weighted by Gasteiger charge is -2.36. The predicted octanol–water partition coefficient (Wildman–Crippen LogP) is 4.37. The van der Waals surface area contributed by atoms with E-state index in [1.807, 2.05) is 12.1 Å². The molecule has 1 unspecified atom stereocenters. The first-order valence-corrected chi connectivity index (χ1v) is 11.4. The number of methoxy groups -OCH3 is 1. The number of guanidine groups is 1. The first kappa shape index (κ1) is 28.0. The molecule has 1 aromatic carbocycles. The van der Waals surface area contributed by atoms with Crippen LogP contribution in [-0.2, 0) is 14.9 Å². The second-order valence-electron chi connectivity index (χ2n) is 8.27. The highest BCUT2D eigenvalue weighted by molar-refractivity contribution is 14.0. The summed E-state index contributed by atoms with van der Waals surface area (Å²) in [5.74, 6) is 2.26. The minimum absolute atomic E-state index is 0. The van der Waals surface area contributed by atoms with Crippen LogP contribution in [0.1, 0.15) is 52.5 Å². The van der Waals surface area contributed by atoms with E-state index in [2.05, 4.69) is 50.5 Å². The summed E-state index contributed by atoms with van der Waals surface area (Å²) in [5.41, 5.74) is 1.31. The lowest BCUT2D eigenvalue weighted by Crippen LogP contribution is -2.42. The summed E-state index contributed by atoms with van der Waals surface area (Å²) in [6.07, 6.45) is 3.18. The van der Waals surface area contributed by atoms with Gasteiger partial charge in [0.05, 0.1) is 19.8 Å². The van der Waals surface area contributed by atoms with Gasteiger partial charge in [0.15, 0.2) is 5.96 Å². The second-order valence-corrected chi connectivity index (χ2v) is 8.27. The van der Waals surface area contributed by atoms with Crippen LogP contribution in [-0.4, -0.2) is 58.6 Å². The number of rotatable bonds is 11. The molecule has 2 rings (SSSR count). The molecular weight excluding hydrogens is 505 g/mol. The average molecular weight is 548 g/mol. The van der Waals surface area contributed by atoms with E-state index in [0.717, 1.165) is 70.4 Å². The van der Waals surface area contributed by atoms with Crippen molar-refractivity contribution in [2.24, 2.45) is 10.9 Å². The number of nitrogens with one attached hydrogen (secondary N) is 2. The van der Waals surface area contributed by atoms with Crippen LogP contribution in [0, 0.1) is 5.92 Å². The van der Waals surface area contributed by atoms with E-state index in [1.54, 1.807) is 7.11 Å². The molecule has 178 valence electrons. The van der Waals surface area contributed by atoms with Crippen LogP contribution in [0.3, 0.4) is 0 Å². The molecule has 6 nitrogen and oxygen atoms in total. The maximum absolute atomic E-state index is 5.87. The Labute approximate surface area is 205 Å². The predicted molar refractivity (Wildman–Crippen MR) is 139 cm³/mol. The van der Waals surface area contributed by atoms with E-state index in [-0.39, 0.29) is 35.5 Å². The van der Waals surface area contributed by atoms with Crippen molar-refractivity contribution in [1.82, 2.24) is 10.6 Å². The van der Waals surface area contributed by atoms with E-state index in [9.17, 15) is 0 Å². The smallest absolute Gasteiger partial charge is 0.191 e. The quantitative estimate of drug-likeness (QED) is 0.245. The van der Waals surface area contributed by atoms with Crippen LogP contribution < -0.4 is 15.4 Å². The van der Waals surface area contributed by atoms with E-state index in [1.165, 1.54) is 5.56 Å². The van der Waals surface area contributed by atoms with Gasteiger partial charge in [0.25, 0.3) is 0 Å². The Bertz CT molecular complexity index is 631. The average Bonchev–Trinajstić information content (AvgIpc) is 2.77. The third kappa shape index (κ3) is 8.77. The van der Waals surface area contributed by atoms with Gasteiger partial charge < -0.3 is 24.8 Å². The van der Waals surface area contributed by atoms with E-state index in [4.69, 9.17) is 19.2 Å². The van der Waals surface area contributed by atoms with Crippen molar-refractivity contribution >= 4 is 29.9 Å². The topological polar surface area (TPSA) is 64.1 Å². The SMILES string of the molecule is CCNC(=NCC1(c2ccc(OC)cc2)CCOCC1)NCCC(OCC)C(C)C.I. The van der Waals surface area contributed by atoms with Gasteiger partial charge in [0.2, 0.25) is 0 Å². The van der Waals surface area contributed by atoms with Gasteiger partial charge in [-0.05, 0) is 56.7 Å². The highest BCUT2D eigenvalue weighted by Gasteiger charge is 2.34. The fourth-order valence-electron chi connectivity index (χ4n) is 3.97. The minimum Gasteiger partial charge on any atom is -0.497 e. The van der Waals surface area contributed by atoms with Gasteiger partial charge in [-0.3, -0.25) is 4.99 Å². The van der Waals surface area contributed by atoms with Crippen LogP contribution in [0.4, 0.5) is 0 Å². The summed E-state index contributed by atoms with van der Waals surface area (Å²) in [6.45, 7) is 13.3. The molecule has 7 heteroatoms. The van der Waals surface area contributed by atoms with Gasteiger partial charge >= 0.3 is 0 Å². The van der Waals surface area contributed by atoms with Crippen molar-refractivity contribution in [3.63, 3.8) is 0 Å². The number of hydrogen-bond acceptors (Lipinski definition) is 4. The van der Waals surface area contributed by atoms with Gasteiger partial charge in [-0.1, -0.05) is 26.0 Å². The largest absolute Gasteiger partial charge is 0.497 e. The molecule has 0 aliphatic carbocycles. The zero-order valence-corrected chi connectivity index (χ0v) is 22.2. The van der Waals surface area contributed by atoms with Crippen molar-refractivity contribution in [3.05, 3.63) is 29.8 Å². The fraction of sp³-hybridized carbons (Fsp3) is 0.708. The summed E-state index contributed by atoms with van der Waals surface area (Å²) in [4.78, 5) is 4.98. The Hall–Kier alpha value is -1.06. The Morgan fingerprint density at radius 1 is 1.13 bits per heavy atom. The van der Waals surface area contributed by atoms with Crippen molar-refractivity contribution in [1.29, 1.82) is 0 Å². The number of nitrogens with zero attached hydrogens (tertiary/aromatic N) is 1. The molecule has 0 saturated carbocycles. The van der Waals surface area contributed by atoms with Crippen molar-refractivity contribution in [2.45, 2.75) is 58.5 Å². The first-order valence-electron chi connectivity index (χ1n) is 11.4. The van der Waals surface area contributed by atoms with Gasteiger partial charge in [-0.2, -0.15) is 0 Å². The summed E-state index contributed by atoms with van der Waals surface area (Å²) in [5, 5.41) is 6.89. The molecule has 1 fully saturated rings. The zero-order valence-electron chi connectivity index (χ0n) is 19.9. The lowest BCUT2D eigenvalue weighted by molar-refractivity contribution is 0.0258. The summed E-state index contributed by atoms with van der Waals surface area (Å²) < 4.78 is 16.9. The van der Waals surface area contributed by atoms with Crippen molar-refractivity contribution < 1.29 is 14.2 Å². The van der Waals surface area contributed by atoms with E-state index in [0.29, 0.717) is 5.92 Å². The van der Waals surface area contributed by atoms with Crippen molar-refractivity contribution in [2.75, 3.05) is 46.6 Å². The molecule has 0 bridgehead atoms. The normalized spacial score (nSPS) is 17.0. The highest BCUT2D eigenvalue weighted by Crippen LogP contribution is 2.36. The highest BCUT2D eigenvalue weighted by atomic mass is 127. The maximum Gasteiger partial charge on any atom is 0.191 e. The molecule has 0 amide bonds. The van der Waals surface area contributed by atoms with E-state index < -0.39 is 0 Å². The molecule has 1 aliphatic rings. The fourth-order valence-corrected chi connectivity index (χ4v) is 3.97. The lowest BCUT2D eigenvalue weighted by atomic mass is 9.74. The molecule has 1 aliphatic heterocycles.